The van der Waals surface area contributed by atoms with Crippen LogP contribution in [0.25, 0.3) is 0 Å². The Hall–Kier alpha value is -2.86. The van der Waals surface area contributed by atoms with Gasteiger partial charge in [0.15, 0.2) is 5.96 Å². The van der Waals surface area contributed by atoms with Crippen molar-refractivity contribution in [2.24, 2.45) is 11.5 Å². The molecular weight excluding hydrogens is 336 g/mol. The smallest absolute Gasteiger partial charge is 0.188 e. The molecule has 2 aliphatic heterocycles. The van der Waals surface area contributed by atoms with E-state index in [1.165, 1.54) is 30.1 Å². The summed E-state index contributed by atoms with van der Waals surface area (Å²) in [5.41, 5.74) is 15.0. The van der Waals surface area contributed by atoms with E-state index in [0.29, 0.717) is 6.54 Å². The van der Waals surface area contributed by atoms with Gasteiger partial charge in [-0.05, 0) is 42.2 Å². The van der Waals surface area contributed by atoms with Crippen LogP contribution in [0.2, 0.25) is 0 Å². The van der Waals surface area contributed by atoms with Crippen molar-refractivity contribution in [3.05, 3.63) is 71.8 Å². The summed E-state index contributed by atoms with van der Waals surface area (Å²) < 4.78 is 0. The standard InChI is InChI=1S/C10H15N3.C10H12N2.CH5N/c1-3-8-5-6-13(10(11)12)7-9(8)4-2;11-8-12-6-5-9-3-1-2-4-10(9)7-12;1-2/h3-4H,1-2,5-7H2,(H3,11,12);1-4,8,11H,5-7H2;2H2,1H3. The molecule has 6 nitrogen and oxygen atoms in total. The summed E-state index contributed by atoms with van der Waals surface area (Å²) in [4.78, 5) is 3.85. The average Bonchev–Trinajstić information content (AvgIpc) is 2.74. The minimum absolute atomic E-state index is 0.127. The molecule has 0 aromatic heterocycles. The quantitative estimate of drug-likeness (QED) is 0.486. The molecule has 2 heterocycles. The Morgan fingerprint density at radius 3 is 2.19 bits per heavy atom. The van der Waals surface area contributed by atoms with Gasteiger partial charge in [0.1, 0.15) is 0 Å². The maximum atomic E-state index is 7.30. The van der Waals surface area contributed by atoms with Crippen LogP contribution in [0.1, 0.15) is 17.5 Å². The number of hydrogen-bond donors (Lipinski definition) is 4. The number of allylic oxidation sites excluding steroid dienone is 1. The molecule has 1 aromatic rings. The Kier molecular flexibility index (Phi) is 9.61. The highest BCUT2D eigenvalue weighted by Gasteiger charge is 2.15. The number of nitrogens with one attached hydrogen (secondary N) is 2. The Bertz CT molecular complexity index is 692. The van der Waals surface area contributed by atoms with Crippen LogP contribution in [-0.2, 0) is 13.0 Å². The minimum atomic E-state index is 0.127. The predicted octanol–water partition coefficient (Wildman–Crippen LogP) is 2.48. The first-order valence-electron chi connectivity index (χ1n) is 9.04. The van der Waals surface area contributed by atoms with E-state index in [2.05, 4.69) is 43.2 Å². The van der Waals surface area contributed by atoms with Gasteiger partial charge in [0.25, 0.3) is 0 Å². The van der Waals surface area contributed by atoms with Crippen molar-refractivity contribution in [1.82, 2.24) is 9.80 Å². The molecule has 6 N–H and O–H groups in total. The maximum Gasteiger partial charge on any atom is 0.188 e. The van der Waals surface area contributed by atoms with E-state index in [0.717, 1.165) is 38.0 Å². The van der Waals surface area contributed by atoms with Gasteiger partial charge in [0.2, 0.25) is 0 Å². The fourth-order valence-electron chi connectivity index (χ4n) is 3.06. The number of nitrogens with zero attached hydrogens (tertiary/aromatic N) is 2. The Morgan fingerprint density at radius 1 is 1.00 bits per heavy atom. The Balaban J connectivity index is 0.000000248. The third-order valence-electron chi connectivity index (χ3n) is 4.60. The normalized spacial score (nSPS) is 15.3. The van der Waals surface area contributed by atoms with Crippen molar-refractivity contribution in [2.45, 2.75) is 19.4 Å². The molecule has 0 atom stereocenters. The van der Waals surface area contributed by atoms with Crippen molar-refractivity contribution in [3.8, 4) is 0 Å². The first kappa shape index (κ1) is 22.2. The monoisotopic (exact) mass is 368 g/mol. The molecule has 0 saturated carbocycles. The first-order chi connectivity index (χ1) is 13.1. The molecule has 0 saturated heterocycles. The summed E-state index contributed by atoms with van der Waals surface area (Å²) in [6.07, 6.45) is 7.06. The number of guanidine groups is 1. The van der Waals surface area contributed by atoms with Gasteiger partial charge in [0, 0.05) is 26.2 Å². The molecular formula is C21H32N6. The summed E-state index contributed by atoms with van der Waals surface area (Å²) in [7, 11) is 1.50. The van der Waals surface area contributed by atoms with Gasteiger partial charge in [-0.1, -0.05) is 49.6 Å². The summed E-state index contributed by atoms with van der Waals surface area (Å²) in [5.74, 6) is 0.127. The van der Waals surface area contributed by atoms with Crippen molar-refractivity contribution < 1.29 is 0 Å². The largest absolute Gasteiger partial charge is 0.370 e. The average molecular weight is 369 g/mol. The molecule has 146 valence electrons. The molecule has 0 amide bonds. The van der Waals surface area contributed by atoms with Crippen LogP contribution in [0.5, 0.6) is 0 Å². The maximum absolute atomic E-state index is 7.30. The molecule has 0 radical (unpaired) electrons. The predicted molar refractivity (Wildman–Crippen MR) is 115 cm³/mol. The van der Waals surface area contributed by atoms with Gasteiger partial charge in [0.05, 0.1) is 6.34 Å². The molecule has 0 aliphatic carbocycles. The van der Waals surface area contributed by atoms with Crippen LogP contribution < -0.4 is 11.5 Å². The SMILES string of the molecule is C=CC1=C(C=C)CN(C(=N)N)CC1.CN.N=CN1CCc2ccccc2C1. The Labute approximate surface area is 162 Å². The van der Waals surface area contributed by atoms with Crippen LogP contribution in [-0.4, -0.2) is 48.8 Å². The zero-order chi connectivity index (χ0) is 20.2. The third-order valence-corrected chi connectivity index (χ3v) is 4.60. The first-order valence-corrected chi connectivity index (χ1v) is 9.04. The molecule has 0 spiro atoms. The van der Waals surface area contributed by atoms with E-state index in [-0.39, 0.29) is 5.96 Å². The fraction of sp³-hybridized carbons (Fsp3) is 0.333. The van der Waals surface area contributed by atoms with E-state index in [1.807, 2.05) is 22.0 Å². The molecule has 2 aliphatic rings. The number of benzene rings is 1. The summed E-state index contributed by atoms with van der Waals surface area (Å²) >= 11 is 0. The highest BCUT2D eigenvalue weighted by molar-refractivity contribution is 5.75. The van der Waals surface area contributed by atoms with Gasteiger partial charge >= 0.3 is 0 Å². The highest BCUT2D eigenvalue weighted by Crippen LogP contribution is 2.19. The van der Waals surface area contributed by atoms with Crippen LogP contribution in [0.3, 0.4) is 0 Å². The number of nitrogens with two attached hydrogens (primary N) is 2. The molecule has 27 heavy (non-hydrogen) atoms. The Morgan fingerprint density at radius 2 is 1.63 bits per heavy atom. The van der Waals surface area contributed by atoms with E-state index < -0.39 is 0 Å². The van der Waals surface area contributed by atoms with Crippen molar-refractivity contribution in [3.63, 3.8) is 0 Å². The molecule has 3 rings (SSSR count). The third kappa shape index (κ3) is 6.42. The lowest BCUT2D eigenvalue weighted by molar-refractivity contribution is 0.403. The lowest BCUT2D eigenvalue weighted by Gasteiger charge is -2.28. The van der Waals surface area contributed by atoms with Crippen LogP contribution in [0, 0.1) is 10.8 Å². The van der Waals surface area contributed by atoms with E-state index in [9.17, 15) is 0 Å². The fourth-order valence-corrected chi connectivity index (χ4v) is 3.06. The second-order valence-electron chi connectivity index (χ2n) is 6.13. The second-order valence-corrected chi connectivity index (χ2v) is 6.13. The second kappa shape index (κ2) is 11.7. The number of hydrogen-bond acceptors (Lipinski definition) is 3. The van der Waals surface area contributed by atoms with E-state index in [4.69, 9.17) is 16.6 Å². The van der Waals surface area contributed by atoms with Gasteiger partial charge in [-0.2, -0.15) is 0 Å². The summed E-state index contributed by atoms with van der Waals surface area (Å²) in [6.45, 7) is 10.8. The lowest BCUT2D eigenvalue weighted by atomic mass is 10.0. The van der Waals surface area contributed by atoms with Crippen LogP contribution in [0.15, 0.2) is 60.7 Å². The van der Waals surface area contributed by atoms with Crippen LogP contribution >= 0.6 is 0 Å². The lowest BCUT2D eigenvalue weighted by Crippen LogP contribution is -2.40. The van der Waals surface area contributed by atoms with E-state index in [1.54, 1.807) is 0 Å². The van der Waals surface area contributed by atoms with Gasteiger partial charge in [-0.15, -0.1) is 0 Å². The summed E-state index contributed by atoms with van der Waals surface area (Å²) in [6, 6.07) is 8.47. The minimum Gasteiger partial charge on any atom is -0.370 e. The highest BCUT2D eigenvalue weighted by atomic mass is 15.2. The summed E-state index contributed by atoms with van der Waals surface area (Å²) in [5, 5.41) is 14.4. The van der Waals surface area contributed by atoms with Crippen molar-refractivity contribution >= 4 is 12.3 Å². The molecule has 0 unspecified atom stereocenters. The topological polar surface area (TPSA) is 106 Å². The zero-order valence-corrected chi connectivity index (χ0v) is 16.2. The molecule has 0 fully saturated rings. The van der Waals surface area contributed by atoms with Gasteiger partial charge in [-0.25, -0.2) is 0 Å². The van der Waals surface area contributed by atoms with Crippen LogP contribution in [0.4, 0.5) is 0 Å². The van der Waals surface area contributed by atoms with Crippen molar-refractivity contribution in [1.29, 1.82) is 10.8 Å². The van der Waals surface area contributed by atoms with Gasteiger partial charge < -0.3 is 21.3 Å². The zero-order valence-electron chi connectivity index (χ0n) is 16.2. The molecule has 6 heteroatoms. The number of fused-ring (bicyclic) bond motifs is 1. The van der Waals surface area contributed by atoms with Gasteiger partial charge in [-0.3, -0.25) is 10.8 Å². The molecule has 1 aromatic carbocycles. The number of rotatable bonds is 3. The molecule has 0 bridgehead atoms. The van der Waals surface area contributed by atoms with Crippen molar-refractivity contribution in [2.75, 3.05) is 26.7 Å². The van der Waals surface area contributed by atoms with E-state index >= 15 is 0 Å².